The van der Waals surface area contributed by atoms with Gasteiger partial charge in [0.05, 0.1) is 17.1 Å². The van der Waals surface area contributed by atoms with E-state index in [9.17, 15) is 8.42 Å². The number of hydrogen-bond acceptors (Lipinski definition) is 4. The number of rotatable bonds is 8. The zero-order valence-corrected chi connectivity index (χ0v) is 19.9. The van der Waals surface area contributed by atoms with Gasteiger partial charge in [-0.3, -0.25) is 4.68 Å². The molecular formula is C21H34N6O2S. The van der Waals surface area contributed by atoms with Crippen LogP contribution in [0.25, 0.3) is 0 Å². The number of aryl methyl sites for hydroxylation is 1. The maximum Gasteiger partial charge on any atom is 0.242 e. The molecule has 0 saturated carbocycles. The van der Waals surface area contributed by atoms with Gasteiger partial charge in [-0.25, -0.2) is 17.7 Å². The maximum absolute atomic E-state index is 12.6. The molecule has 0 aliphatic rings. The van der Waals surface area contributed by atoms with Crippen LogP contribution in [0.15, 0.2) is 40.4 Å². The molecule has 0 radical (unpaired) electrons. The highest BCUT2D eigenvalue weighted by molar-refractivity contribution is 7.89. The van der Waals surface area contributed by atoms with E-state index in [2.05, 4.69) is 24.3 Å². The van der Waals surface area contributed by atoms with Gasteiger partial charge in [0.25, 0.3) is 0 Å². The molecular weight excluding hydrogens is 400 g/mol. The molecule has 0 aliphatic carbocycles. The Labute approximate surface area is 180 Å². The van der Waals surface area contributed by atoms with Crippen molar-refractivity contribution in [3.63, 3.8) is 0 Å². The topological polar surface area (TPSA) is 82.8 Å². The van der Waals surface area contributed by atoms with Gasteiger partial charge < -0.3 is 10.2 Å². The summed E-state index contributed by atoms with van der Waals surface area (Å²) in [5.74, 6) is 1.05. The van der Waals surface area contributed by atoms with Crippen LogP contribution in [0.3, 0.4) is 0 Å². The Hall–Kier alpha value is -2.39. The number of guanidine groups is 1. The first kappa shape index (κ1) is 23.9. The van der Waals surface area contributed by atoms with Gasteiger partial charge in [0.2, 0.25) is 10.0 Å². The largest absolute Gasteiger partial charge is 0.357 e. The number of aromatic nitrogens is 2. The number of nitrogens with one attached hydrogen (secondary N) is 1. The maximum atomic E-state index is 12.6. The summed E-state index contributed by atoms with van der Waals surface area (Å²) in [6.07, 6.45) is 2.04. The van der Waals surface area contributed by atoms with Crippen molar-refractivity contribution in [3.8, 4) is 0 Å². The molecule has 30 heavy (non-hydrogen) atoms. The summed E-state index contributed by atoms with van der Waals surface area (Å²) in [6, 6.07) is 7.00. The zero-order valence-electron chi connectivity index (χ0n) is 19.0. The van der Waals surface area contributed by atoms with Crippen LogP contribution in [0.5, 0.6) is 0 Å². The Balaban J connectivity index is 2.30. The summed E-state index contributed by atoms with van der Waals surface area (Å²) in [6.45, 7) is 7.91. The SMILES string of the molecule is CCNC(=NCc1ccccc1S(=O)(=O)N(C)C)N(C)Cc1cn(C)nc1C(C)C. The lowest BCUT2D eigenvalue weighted by Gasteiger charge is -2.22. The van der Waals surface area contributed by atoms with E-state index < -0.39 is 10.0 Å². The molecule has 1 aromatic carbocycles. The molecule has 0 fully saturated rings. The second-order valence-electron chi connectivity index (χ2n) is 7.79. The summed E-state index contributed by atoms with van der Waals surface area (Å²) in [5.41, 5.74) is 2.89. The summed E-state index contributed by atoms with van der Waals surface area (Å²) >= 11 is 0. The average molecular weight is 435 g/mol. The van der Waals surface area contributed by atoms with Crippen LogP contribution < -0.4 is 5.32 Å². The van der Waals surface area contributed by atoms with Crippen LogP contribution in [0.2, 0.25) is 0 Å². The number of nitrogens with zero attached hydrogens (tertiary/aromatic N) is 5. The monoisotopic (exact) mass is 434 g/mol. The van der Waals surface area contributed by atoms with E-state index in [-0.39, 0.29) is 11.4 Å². The van der Waals surface area contributed by atoms with Crippen molar-refractivity contribution >= 4 is 16.0 Å². The standard InChI is InChI=1S/C21H34N6O2S/c1-8-22-21(26(6)14-18-15-27(7)24-20(18)16(2)3)23-13-17-11-9-10-12-19(17)30(28,29)25(4)5/h9-12,15-16H,8,13-14H2,1-7H3,(H,22,23). The molecule has 0 spiro atoms. The lowest BCUT2D eigenvalue weighted by atomic mass is 10.1. The van der Waals surface area contributed by atoms with Crippen molar-refractivity contribution in [3.05, 3.63) is 47.3 Å². The molecule has 0 amide bonds. The first-order chi connectivity index (χ1) is 14.1. The van der Waals surface area contributed by atoms with Crippen LogP contribution >= 0.6 is 0 Å². The van der Waals surface area contributed by atoms with Crippen LogP contribution in [0.4, 0.5) is 0 Å². The minimum Gasteiger partial charge on any atom is -0.357 e. The second kappa shape index (κ2) is 10.1. The van der Waals surface area contributed by atoms with Gasteiger partial charge in [0.15, 0.2) is 5.96 Å². The normalized spacial score (nSPS) is 12.6. The fourth-order valence-electron chi connectivity index (χ4n) is 3.21. The molecule has 0 saturated heterocycles. The van der Waals surface area contributed by atoms with E-state index in [1.54, 1.807) is 18.2 Å². The van der Waals surface area contributed by atoms with Crippen LogP contribution in [0.1, 0.15) is 43.5 Å². The predicted octanol–water partition coefficient (Wildman–Crippen LogP) is 2.39. The minimum absolute atomic E-state index is 0.264. The Morgan fingerprint density at radius 1 is 1.20 bits per heavy atom. The third-order valence-electron chi connectivity index (χ3n) is 4.72. The number of sulfonamides is 1. The Morgan fingerprint density at radius 2 is 1.87 bits per heavy atom. The Kier molecular flexibility index (Phi) is 8.03. The summed E-state index contributed by atoms with van der Waals surface area (Å²) in [7, 11) is 3.44. The third-order valence-corrected chi connectivity index (χ3v) is 6.63. The minimum atomic E-state index is -3.53. The molecule has 1 N–H and O–H groups in total. The van der Waals surface area contributed by atoms with Gasteiger partial charge in [-0.15, -0.1) is 0 Å². The molecule has 1 heterocycles. The molecule has 0 unspecified atom stereocenters. The molecule has 2 rings (SSSR count). The predicted molar refractivity (Wildman–Crippen MR) is 121 cm³/mol. The summed E-state index contributed by atoms with van der Waals surface area (Å²) < 4.78 is 28.4. The zero-order chi connectivity index (χ0) is 22.5. The van der Waals surface area contributed by atoms with E-state index in [4.69, 9.17) is 4.99 Å². The van der Waals surface area contributed by atoms with Crippen molar-refractivity contribution in [2.75, 3.05) is 27.7 Å². The van der Waals surface area contributed by atoms with E-state index in [0.29, 0.717) is 30.5 Å². The van der Waals surface area contributed by atoms with E-state index in [1.807, 2.05) is 42.9 Å². The van der Waals surface area contributed by atoms with E-state index in [0.717, 1.165) is 11.3 Å². The Bertz CT molecular complexity index is 979. The molecule has 0 aliphatic heterocycles. The number of benzene rings is 1. The van der Waals surface area contributed by atoms with E-state index in [1.165, 1.54) is 18.4 Å². The first-order valence-electron chi connectivity index (χ1n) is 10.1. The van der Waals surface area contributed by atoms with Gasteiger partial charge in [0, 0.05) is 53.0 Å². The van der Waals surface area contributed by atoms with Crippen molar-refractivity contribution in [2.45, 2.75) is 44.7 Å². The average Bonchev–Trinajstić information content (AvgIpc) is 3.05. The highest BCUT2D eigenvalue weighted by atomic mass is 32.2. The lowest BCUT2D eigenvalue weighted by molar-refractivity contribution is 0.473. The molecule has 8 nitrogen and oxygen atoms in total. The summed E-state index contributed by atoms with van der Waals surface area (Å²) in [5, 5.41) is 7.87. The van der Waals surface area contributed by atoms with Gasteiger partial charge in [-0.2, -0.15) is 5.10 Å². The lowest BCUT2D eigenvalue weighted by Crippen LogP contribution is -2.38. The summed E-state index contributed by atoms with van der Waals surface area (Å²) in [4.78, 5) is 7.04. The van der Waals surface area contributed by atoms with Gasteiger partial charge in [-0.05, 0) is 24.5 Å². The van der Waals surface area contributed by atoms with Crippen molar-refractivity contribution in [1.29, 1.82) is 0 Å². The van der Waals surface area contributed by atoms with Crippen LogP contribution in [-0.4, -0.2) is 61.1 Å². The van der Waals surface area contributed by atoms with Gasteiger partial charge in [0.1, 0.15) is 0 Å². The van der Waals surface area contributed by atoms with Crippen molar-refractivity contribution in [1.82, 2.24) is 24.3 Å². The van der Waals surface area contributed by atoms with E-state index >= 15 is 0 Å². The quantitative estimate of drug-likeness (QED) is 0.510. The highest BCUT2D eigenvalue weighted by Gasteiger charge is 2.21. The molecule has 0 atom stereocenters. The second-order valence-corrected chi connectivity index (χ2v) is 9.91. The smallest absolute Gasteiger partial charge is 0.242 e. The molecule has 2 aromatic rings. The van der Waals surface area contributed by atoms with Gasteiger partial charge >= 0.3 is 0 Å². The first-order valence-corrected chi connectivity index (χ1v) is 11.5. The molecule has 1 aromatic heterocycles. The Morgan fingerprint density at radius 3 is 2.47 bits per heavy atom. The van der Waals surface area contributed by atoms with Crippen molar-refractivity contribution < 1.29 is 8.42 Å². The number of hydrogen-bond donors (Lipinski definition) is 1. The van der Waals surface area contributed by atoms with Gasteiger partial charge in [-0.1, -0.05) is 32.0 Å². The van der Waals surface area contributed by atoms with Crippen LogP contribution in [0, 0.1) is 0 Å². The molecule has 166 valence electrons. The third kappa shape index (κ3) is 5.60. The highest BCUT2D eigenvalue weighted by Crippen LogP contribution is 2.20. The fourth-order valence-corrected chi connectivity index (χ4v) is 4.31. The molecule has 9 heteroatoms. The number of aliphatic imine (C=N–C) groups is 1. The fraction of sp³-hybridized carbons (Fsp3) is 0.524. The van der Waals surface area contributed by atoms with Crippen LogP contribution in [-0.2, 0) is 30.2 Å². The van der Waals surface area contributed by atoms with Crippen molar-refractivity contribution in [2.24, 2.45) is 12.0 Å². The molecule has 0 bridgehead atoms.